The highest BCUT2D eigenvalue weighted by Gasteiger charge is 2.18. The van der Waals surface area contributed by atoms with Crippen LogP contribution in [0.2, 0.25) is 0 Å². The molecule has 5 nitrogen and oxygen atoms in total. The number of nitrogens with zero attached hydrogens (tertiary/aromatic N) is 3. The van der Waals surface area contributed by atoms with Crippen LogP contribution in [0.3, 0.4) is 0 Å². The van der Waals surface area contributed by atoms with Gasteiger partial charge < -0.3 is 15.5 Å². The lowest BCUT2D eigenvalue weighted by molar-refractivity contribution is 0.183. The second-order valence-electron chi connectivity index (χ2n) is 6.23. The fraction of sp³-hybridized carbons (Fsp3) is 0.765. The third kappa shape index (κ3) is 6.84. The molecule has 1 atom stereocenters. The van der Waals surface area contributed by atoms with Crippen LogP contribution < -0.4 is 10.6 Å². The molecule has 1 unspecified atom stereocenters. The second kappa shape index (κ2) is 11.3. The molecule has 0 amide bonds. The average molecular weight is 465 g/mol. The number of thiazole rings is 1. The van der Waals surface area contributed by atoms with Crippen LogP contribution in [-0.4, -0.2) is 48.6 Å². The Bertz CT molecular complexity index is 498. The van der Waals surface area contributed by atoms with Crippen LogP contribution in [0, 0.1) is 19.8 Å². The maximum Gasteiger partial charge on any atom is 0.191 e. The van der Waals surface area contributed by atoms with Gasteiger partial charge in [0, 0.05) is 24.5 Å². The number of likely N-dealkylation sites (tertiary alicyclic amines) is 1. The Kier molecular flexibility index (Phi) is 10.1. The smallest absolute Gasteiger partial charge is 0.191 e. The van der Waals surface area contributed by atoms with Gasteiger partial charge >= 0.3 is 0 Å². The first-order valence-electron chi connectivity index (χ1n) is 8.79. The Morgan fingerprint density at radius 3 is 2.75 bits per heavy atom. The molecule has 0 spiro atoms. The van der Waals surface area contributed by atoms with Gasteiger partial charge in [0.25, 0.3) is 0 Å². The molecule has 24 heavy (non-hydrogen) atoms. The van der Waals surface area contributed by atoms with Crippen LogP contribution in [0.25, 0.3) is 0 Å². The standard InChI is InChI=1S/C17H31N5S.HI/c1-5-18-17(20-11-16-21-13(3)14(4)23-16)19-10-15-8-7-9-22(6-2)12-15;/h15H,5-12H2,1-4H3,(H2,18,19,20);1H. The quantitative estimate of drug-likeness (QED) is 0.385. The minimum absolute atomic E-state index is 0. The largest absolute Gasteiger partial charge is 0.357 e. The van der Waals surface area contributed by atoms with E-state index >= 15 is 0 Å². The molecule has 0 radical (unpaired) electrons. The first-order valence-corrected chi connectivity index (χ1v) is 9.61. The molecule has 0 aromatic carbocycles. The molecule has 2 heterocycles. The van der Waals surface area contributed by atoms with Crippen molar-refractivity contribution in [1.82, 2.24) is 20.5 Å². The zero-order valence-electron chi connectivity index (χ0n) is 15.4. The van der Waals surface area contributed by atoms with E-state index in [2.05, 4.69) is 48.2 Å². The highest BCUT2D eigenvalue weighted by molar-refractivity contribution is 14.0. The van der Waals surface area contributed by atoms with Crippen LogP contribution in [0.1, 0.15) is 42.3 Å². The number of guanidine groups is 1. The lowest BCUT2D eigenvalue weighted by Crippen LogP contribution is -2.44. The van der Waals surface area contributed by atoms with Crippen LogP contribution in [0.15, 0.2) is 4.99 Å². The van der Waals surface area contributed by atoms with Crippen molar-refractivity contribution in [1.29, 1.82) is 0 Å². The normalized spacial score (nSPS) is 19.0. The summed E-state index contributed by atoms with van der Waals surface area (Å²) in [7, 11) is 0. The molecule has 7 heteroatoms. The highest BCUT2D eigenvalue weighted by atomic mass is 127. The molecule has 1 aliphatic rings. The number of aliphatic imine (C=N–C) groups is 1. The van der Waals surface area contributed by atoms with Crippen LogP contribution in [0.5, 0.6) is 0 Å². The van der Waals surface area contributed by atoms with Crippen molar-refractivity contribution in [2.24, 2.45) is 10.9 Å². The summed E-state index contributed by atoms with van der Waals surface area (Å²) < 4.78 is 0. The zero-order chi connectivity index (χ0) is 16.7. The SMILES string of the molecule is CCNC(=NCc1nc(C)c(C)s1)NCC1CCCN(CC)C1.I. The predicted octanol–water partition coefficient (Wildman–Crippen LogP) is 3.16. The second-order valence-corrected chi connectivity index (χ2v) is 7.51. The molecule has 1 aliphatic heterocycles. The Morgan fingerprint density at radius 2 is 2.12 bits per heavy atom. The molecule has 1 fully saturated rings. The number of aryl methyl sites for hydroxylation is 2. The van der Waals surface area contributed by atoms with E-state index in [4.69, 9.17) is 4.99 Å². The maximum atomic E-state index is 4.69. The monoisotopic (exact) mass is 465 g/mol. The van der Waals surface area contributed by atoms with E-state index < -0.39 is 0 Å². The van der Waals surface area contributed by atoms with E-state index in [9.17, 15) is 0 Å². The van der Waals surface area contributed by atoms with Gasteiger partial charge in [0.05, 0.1) is 12.2 Å². The van der Waals surface area contributed by atoms with E-state index in [1.165, 1.54) is 30.8 Å². The average Bonchev–Trinajstić information content (AvgIpc) is 2.88. The van der Waals surface area contributed by atoms with Gasteiger partial charge in [-0.05, 0) is 52.6 Å². The summed E-state index contributed by atoms with van der Waals surface area (Å²) in [4.78, 5) is 13.1. The lowest BCUT2D eigenvalue weighted by Gasteiger charge is -2.32. The van der Waals surface area contributed by atoms with Gasteiger partial charge in [-0.3, -0.25) is 0 Å². The molecule has 2 rings (SSSR count). The van der Waals surface area contributed by atoms with E-state index in [1.54, 1.807) is 11.3 Å². The molecule has 1 saturated heterocycles. The topological polar surface area (TPSA) is 52.6 Å². The predicted molar refractivity (Wildman–Crippen MR) is 115 cm³/mol. The van der Waals surface area contributed by atoms with Crippen LogP contribution >= 0.6 is 35.3 Å². The lowest BCUT2D eigenvalue weighted by atomic mass is 9.98. The molecule has 138 valence electrons. The van der Waals surface area contributed by atoms with Gasteiger partial charge in [0.2, 0.25) is 0 Å². The fourth-order valence-electron chi connectivity index (χ4n) is 2.94. The first-order chi connectivity index (χ1) is 11.1. The van der Waals surface area contributed by atoms with E-state index in [-0.39, 0.29) is 24.0 Å². The van der Waals surface area contributed by atoms with Gasteiger partial charge in [0.1, 0.15) is 5.01 Å². The van der Waals surface area contributed by atoms with Crippen LogP contribution in [-0.2, 0) is 6.54 Å². The first kappa shape index (κ1) is 21.6. The molecule has 0 aliphatic carbocycles. The zero-order valence-corrected chi connectivity index (χ0v) is 18.5. The van der Waals surface area contributed by atoms with Gasteiger partial charge in [0.15, 0.2) is 5.96 Å². The number of piperidine rings is 1. The molecule has 0 saturated carbocycles. The van der Waals surface area contributed by atoms with Gasteiger partial charge in [-0.25, -0.2) is 9.98 Å². The fourth-order valence-corrected chi connectivity index (χ4v) is 3.80. The number of halogens is 1. The summed E-state index contributed by atoms with van der Waals surface area (Å²) in [6.07, 6.45) is 2.62. The molecular formula is C17H32IN5S. The van der Waals surface area contributed by atoms with Crippen molar-refractivity contribution in [3.05, 3.63) is 15.6 Å². The number of aromatic nitrogens is 1. The van der Waals surface area contributed by atoms with Crippen molar-refractivity contribution in [2.45, 2.75) is 47.1 Å². The minimum Gasteiger partial charge on any atom is -0.357 e. The number of rotatable bonds is 6. The number of hydrogen-bond acceptors (Lipinski definition) is 4. The molecule has 1 aromatic rings. The Morgan fingerprint density at radius 1 is 1.33 bits per heavy atom. The molecular weight excluding hydrogens is 433 g/mol. The minimum atomic E-state index is 0. The summed E-state index contributed by atoms with van der Waals surface area (Å²) in [6.45, 7) is 14.7. The molecule has 1 aromatic heterocycles. The summed E-state index contributed by atoms with van der Waals surface area (Å²) >= 11 is 1.74. The summed E-state index contributed by atoms with van der Waals surface area (Å²) in [5.74, 6) is 1.63. The van der Waals surface area contributed by atoms with E-state index in [1.807, 2.05) is 0 Å². The highest BCUT2D eigenvalue weighted by Crippen LogP contribution is 2.17. The molecule has 0 bridgehead atoms. The summed E-state index contributed by atoms with van der Waals surface area (Å²) in [6, 6.07) is 0. The van der Waals surface area contributed by atoms with E-state index in [0.29, 0.717) is 6.54 Å². The van der Waals surface area contributed by atoms with Crippen molar-refractivity contribution < 1.29 is 0 Å². The summed E-state index contributed by atoms with van der Waals surface area (Å²) in [5.41, 5.74) is 1.13. The number of hydrogen-bond donors (Lipinski definition) is 2. The van der Waals surface area contributed by atoms with Crippen molar-refractivity contribution >= 4 is 41.3 Å². The number of nitrogens with one attached hydrogen (secondary N) is 2. The summed E-state index contributed by atoms with van der Waals surface area (Å²) in [5, 5.41) is 7.95. The molecule has 2 N–H and O–H groups in total. The Balaban J connectivity index is 0.00000288. The van der Waals surface area contributed by atoms with Gasteiger partial charge in [-0.2, -0.15) is 0 Å². The Hall–Kier alpha value is -0.410. The van der Waals surface area contributed by atoms with E-state index in [0.717, 1.165) is 42.2 Å². The van der Waals surface area contributed by atoms with Crippen molar-refractivity contribution in [3.63, 3.8) is 0 Å². The maximum absolute atomic E-state index is 4.69. The Labute approximate surface area is 167 Å². The van der Waals surface area contributed by atoms with Gasteiger partial charge in [-0.15, -0.1) is 35.3 Å². The third-order valence-electron chi connectivity index (χ3n) is 4.40. The third-order valence-corrected chi connectivity index (χ3v) is 5.46. The van der Waals surface area contributed by atoms with Crippen molar-refractivity contribution in [2.75, 3.05) is 32.7 Å². The van der Waals surface area contributed by atoms with Gasteiger partial charge in [-0.1, -0.05) is 6.92 Å². The van der Waals surface area contributed by atoms with Crippen molar-refractivity contribution in [3.8, 4) is 0 Å². The van der Waals surface area contributed by atoms with Crippen LogP contribution in [0.4, 0.5) is 0 Å².